The Bertz CT molecular complexity index is 473. The maximum Gasteiger partial charge on any atom is 0.131 e. The monoisotopic (exact) mass is 275 g/mol. The van der Waals surface area contributed by atoms with Crippen LogP contribution in [0.25, 0.3) is 0 Å². The molecule has 0 spiro atoms. The fraction of sp³-hybridized carbons (Fsp3) is 0.688. The Balaban J connectivity index is 1.71. The van der Waals surface area contributed by atoms with Gasteiger partial charge < -0.3 is 15.0 Å². The first-order chi connectivity index (χ1) is 9.63. The van der Waals surface area contributed by atoms with Crippen LogP contribution < -0.4 is 10.2 Å². The van der Waals surface area contributed by atoms with Crippen LogP contribution in [-0.2, 0) is 11.3 Å². The second kappa shape index (κ2) is 5.70. The predicted molar refractivity (Wildman–Crippen MR) is 81.1 cm³/mol. The molecule has 3 rings (SSSR count). The van der Waals surface area contributed by atoms with E-state index in [0.29, 0.717) is 6.04 Å². The first-order valence-electron chi connectivity index (χ1n) is 7.70. The first-order valence-corrected chi connectivity index (χ1v) is 7.70. The summed E-state index contributed by atoms with van der Waals surface area (Å²) in [5.41, 5.74) is 2.55. The van der Waals surface area contributed by atoms with E-state index in [1.54, 1.807) is 0 Å². The van der Waals surface area contributed by atoms with Crippen LogP contribution in [0, 0.1) is 6.92 Å². The number of nitrogens with one attached hydrogen (secondary N) is 1. The molecule has 2 aliphatic rings. The molecule has 4 nitrogen and oxygen atoms in total. The molecule has 1 N–H and O–H groups in total. The van der Waals surface area contributed by atoms with E-state index in [1.165, 1.54) is 24.0 Å². The molecule has 0 amide bonds. The van der Waals surface area contributed by atoms with Gasteiger partial charge >= 0.3 is 0 Å². The van der Waals surface area contributed by atoms with E-state index in [9.17, 15) is 0 Å². The number of aryl methyl sites for hydroxylation is 1. The second-order valence-electron chi connectivity index (χ2n) is 6.28. The van der Waals surface area contributed by atoms with E-state index in [1.807, 2.05) is 6.20 Å². The minimum absolute atomic E-state index is 0.281. The van der Waals surface area contributed by atoms with Gasteiger partial charge in [-0.15, -0.1) is 0 Å². The molecule has 2 heterocycles. The average molecular weight is 275 g/mol. The lowest BCUT2D eigenvalue weighted by Crippen LogP contribution is -2.48. The topological polar surface area (TPSA) is 37.4 Å². The number of pyridine rings is 1. The third-order valence-electron chi connectivity index (χ3n) is 4.16. The lowest BCUT2D eigenvalue weighted by Gasteiger charge is -2.38. The summed E-state index contributed by atoms with van der Waals surface area (Å²) < 4.78 is 5.70. The Morgan fingerprint density at radius 1 is 1.40 bits per heavy atom. The number of anilines is 1. The summed E-state index contributed by atoms with van der Waals surface area (Å²) in [6.07, 6.45) is 4.95. The Kier molecular flexibility index (Phi) is 3.94. The van der Waals surface area contributed by atoms with Crippen molar-refractivity contribution in [2.45, 2.75) is 58.3 Å². The first kappa shape index (κ1) is 13.8. The average Bonchev–Trinajstić information content (AvgIpc) is 3.24. The molecule has 1 aliphatic heterocycles. The van der Waals surface area contributed by atoms with Crippen molar-refractivity contribution in [2.75, 3.05) is 18.1 Å². The number of hydrogen-bond donors (Lipinski definition) is 1. The van der Waals surface area contributed by atoms with Crippen LogP contribution in [0.4, 0.5) is 5.82 Å². The zero-order chi connectivity index (χ0) is 14.1. The minimum atomic E-state index is 0.281. The van der Waals surface area contributed by atoms with Crippen molar-refractivity contribution >= 4 is 5.82 Å². The Morgan fingerprint density at radius 3 is 2.90 bits per heavy atom. The van der Waals surface area contributed by atoms with Crippen LogP contribution in [0.15, 0.2) is 12.3 Å². The van der Waals surface area contributed by atoms with E-state index in [2.05, 4.69) is 37.1 Å². The van der Waals surface area contributed by atoms with Gasteiger partial charge in [0.2, 0.25) is 0 Å². The highest BCUT2D eigenvalue weighted by molar-refractivity contribution is 5.48. The quantitative estimate of drug-likeness (QED) is 0.914. The lowest BCUT2D eigenvalue weighted by molar-refractivity contribution is 0.0340. The Hall–Kier alpha value is -1.13. The molecule has 1 aromatic rings. The maximum atomic E-state index is 5.70. The van der Waals surface area contributed by atoms with E-state index in [4.69, 9.17) is 9.72 Å². The smallest absolute Gasteiger partial charge is 0.131 e. The molecule has 1 aromatic heterocycles. The van der Waals surface area contributed by atoms with Crippen molar-refractivity contribution in [3.8, 4) is 0 Å². The Labute approximate surface area is 121 Å². The predicted octanol–water partition coefficient (Wildman–Crippen LogP) is 2.26. The third-order valence-corrected chi connectivity index (χ3v) is 4.16. The molecule has 1 saturated carbocycles. The largest absolute Gasteiger partial charge is 0.375 e. The molecule has 110 valence electrons. The normalized spacial score (nSPS) is 26.9. The van der Waals surface area contributed by atoms with Gasteiger partial charge in [0, 0.05) is 25.3 Å². The molecule has 2 unspecified atom stereocenters. The Morgan fingerprint density at radius 2 is 2.20 bits per heavy atom. The highest BCUT2D eigenvalue weighted by atomic mass is 16.5. The van der Waals surface area contributed by atoms with Gasteiger partial charge in [-0.2, -0.15) is 0 Å². The number of aromatic nitrogens is 1. The molecule has 2 fully saturated rings. The minimum Gasteiger partial charge on any atom is -0.375 e. The molecule has 0 bridgehead atoms. The van der Waals surface area contributed by atoms with Crippen LogP contribution in [0.5, 0.6) is 0 Å². The van der Waals surface area contributed by atoms with Crippen LogP contribution in [0.1, 0.15) is 37.8 Å². The van der Waals surface area contributed by atoms with Crippen molar-refractivity contribution in [1.29, 1.82) is 0 Å². The van der Waals surface area contributed by atoms with Gasteiger partial charge in [-0.25, -0.2) is 4.98 Å². The molecule has 0 aromatic carbocycles. The molecule has 4 heteroatoms. The number of nitrogens with zero attached hydrogens (tertiary/aromatic N) is 2. The summed E-state index contributed by atoms with van der Waals surface area (Å²) in [6, 6.07) is 3.41. The molecule has 0 radical (unpaired) electrons. The highest BCUT2D eigenvalue weighted by Crippen LogP contribution is 2.24. The summed E-state index contributed by atoms with van der Waals surface area (Å²) in [5, 5.41) is 3.54. The van der Waals surface area contributed by atoms with E-state index >= 15 is 0 Å². The molecule has 20 heavy (non-hydrogen) atoms. The fourth-order valence-electron chi connectivity index (χ4n) is 2.77. The summed E-state index contributed by atoms with van der Waals surface area (Å²) in [4.78, 5) is 7.09. The van der Waals surface area contributed by atoms with Crippen molar-refractivity contribution in [1.82, 2.24) is 10.3 Å². The number of hydrogen-bond acceptors (Lipinski definition) is 4. The van der Waals surface area contributed by atoms with E-state index in [-0.39, 0.29) is 6.10 Å². The third kappa shape index (κ3) is 3.13. The fourth-order valence-corrected chi connectivity index (χ4v) is 2.77. The zero-order valence-electron chi connectivity index (χ0n) is 12.7. The van der Waals surface area contributed by atoms with Crippen molar-refractivity contribution in [2.24, 2.45) is 0 Å². The molecule has 1 saturated heterocycles. The van der Waals surface area contributed by atoms with Crippen molar-refractivity contribution in [3.63, 3.8) is 0 Å². The summed E-state index contributed by atoms with van der Waals surface area (Å²) in [6.45, 7) is 9.14. The maximum absolute atomic E-state index is 5.70. The van der Waals surface area contributed by atoms with Crippen LogP contribution in [0.3, 0.4) is 0 Å². The number of ether oxygens (including phenoxy) is 1. The molecular weight excluding hydrogens is 250 g/mol. The van der Waals surface area contributed by atoms with Crippen LogP contribution in [-0.4, -0.2) is 36.3 Å². The summed E-state index contributed by atoms with van der Waals surface area (Å²) >= 11 is 0. The lowest BCUT2D eigenvalue weighted by atomic mass is 10.1. The SMILES string of the molecule is Cc1cc(CNC2CC2)cnc1N1CC(C)OCC1C. The van der Waals surface area contributed by atoms with Gasteiger partial charge in [-0.3, -0.25) is 0 Å². The molecular formula is C16H25N3O. The van der Waals surface area contributed by atoms with Gasteiger partial charge in [-0.1, -0.05) is 0 Å². The van der Waals surface area contributed by atoms with Gasteiger partial charge in [0.25, 0.3) is 0 Å². The van der Waals surface area contributed by atoms with Gasteiger partial charge in [-0.05, 0) is 50.8 Å². The van der Waals surface area contributed by atoms with Crippen molar-refractivity contribution < 1.29 is 4.74 Å². The van der Waals surface area contributed by atoms with Crippen LogP contribution in [0.2, 0.25) is 0 Å². The van der Waals surface area contributed by atoms with Gasteiger partial charge in [0.15, 0.2) is 0 Å². The number of rotatable bonds is 4. The van der Waals surface area contributed by atoms with Crippen LogP contribution >= 0.6 is 0 Å². The highest BCUT2D eigenvalue weighted by Gasteiger charge is 2.26. The molecule has 2 atom stereocenters. The van der Waals surface area contributed by atoms with Gasteiger partial charge in [0.05, 0.1) is 18.8 Å². The summed E-state index contributed by atoms with van der Waals surface area (Å²) in [7, 11) is 0. The van der Waals surface area contributed by atoms with E-state index in [0.717, 1.165) is 31.6 Å². The second-order valence-corrected chi connectivity index (χ2v) is 6.28. The zero-order valence-corrected chi connectivity index (χ0v) is 12.7. The van der Waals surface area contributed by atoms with E-state index < -0.39 is 0 Å². The van der Waals surface area contributed by atoms with Crippen molar-refractivity contribution in [3.05, 3.63) is 23.4 Å². The van der Waals surface area contributed by atoms with Gasteiger partial charge in [0.1, 0.15) is 5.82 Å². The molecule has 1 aliphatic carbocycles. The summed E-state index contributed by atoms with van der Waals surface area (Å²) in [5.74, 6) is 1.11. The number of morpholine rings is 1. The standard InChI is InChI=1S/C16H25N3O/c1-11-6-14(7-17-15-4-5-15)8-18-16(11)19-9-13(3)20-10-12(19)2/h6,8,12-13,15,17H,4-5,7,9-10H2,1-3H3.